The lowest BCUT2D eigenvalue weighted by molar-refractivity contribution is -0.149. The van der Waals surface area contributed by atoms with Crippen LogP contribution in [0.5, 0.6) is 5.75 Å². The molecule has 3 amide bonds. The van der Waals surface area contributed by atoms with E-state index in [-0.39, 0.29) is 18.7 Å². The third-order valence-electron chi connectivity index (χ3n) is 6.28. The second-order valence-electron chi connectivity index (χ2n) is 12.0. The number of hydrogen-bond donors (Lipinski definition) is 3. The van der Waals surface area contributed by atoms with Crippen LogP contribution in [0.25, 0.3) is 0 Å². The summed E-state index contributed by atoms with van der Waals surface area (Å²) in [5.41, 5.74) is 1.11. The molecule has 0 aliphatic rings. The minimum absolute atomic E-state index is 0.0606. The number of phenolic OH excluding ortho intramolecular Hbond substituents is 1. The first-order chi connectivity index (χ1) is 18.9. The highest BCUT2D eigenvalue weighted by atomic mass is 16.6. The Morgan fingerprint density at radius 1 is 0.927 bits per heavy atom. The Bertz CT molecular complexity index is 1220. The third-order valence-corrected chi connectivity index (χ3v) is 6.28. The van der Waals surface area contributed by atoms with Crippen LogP contribution in [0, 0.1) is 13.8 Å². The van der Waals surface area contributed by atoms with Crippen LogP contribution < -0.4 is 10.6 Å². The van der Waals surface area contributed by atoms with Crippen LogP contribution in [-0.2, 0) is 30.3 Å². The van der Waals surface area contributed by atoms with E-state index in [1.165, 1.54) is 24.1 Å². The van der Waals surface area contributed by atoms with Crippen molar-refractivity contribution in [3.05, 3.63) is 64.7 Å². The molecule has 10 heteroatoms. The second kappa shape index (κ2) is 13.5. The van der Waals surface area contributed by atoms with Crippen LogP contribution in [-0.4, -0.2) is 64.7 Å². The van der Waals surface area contributed by atoms with Crippen molar-refractivity contribution in [3.63, 3.8) is 0 Å². The topological polar surface area (TPSA) is 134 Å². The number of hydrogen-bond acceptors (Lipinski definition) is 7. The maximum Gasteiger partial charge on any atom is 0.408 e. The zero-order chi connectivity index (χ0) is 31.1. The van der Waals surface area contributed by atoms with Crippen LogP contribution in [0.4, 0.5) is 4.79 Å². The van der Waals surface area contributed by atoms with E-state index < -0.39 is 47.1 Å². The number of carbonyl (C=O) groups is 4. The van der Waals surface area contributed by atoms with Crippen molar-refractivity contribution in [1.82, 2.24) is 15.5 Å². The molecular weight excluding hydrogens is 526 g/mol. The highest BCUT2D eigenvalue weighted by Gasteiger charge is 2.43. The van der Waals surface area contributed by atoms with E-state index in [1.807, 2.05) is 32.0 Å². The first kappa shape index (κ1) is 33.1. The Balaban J connectivity index is 2.67. The zero-order valence-electron chi connectivity index (χ0n) is 25.5. The standard InChI is InChI=1S/C31H43N3O7/c1-19-11-10-12-20(2)25(19)26(27(37)32-18-24(36)40-9)34(30(3,4)5)28(38)23(33-29(39)41-31(6,7)8)17-21-13-15-22(35)16-14-21/h10-16,23,26,35H,17-18H2,1-9H3,(H,32,37)(H,33,39). The van der Waals surface area contributed by atoms with Crippen LogP contribution in [0.3, 0.4) is 0 Å². The summed E-state index contributed by atoms with van der Waals surface area (Å²) in [7, 11) is 1.22. The Morgan fingerprint density at radius 3 is 1.98 bits per heavy atom. The Morgan fingerprint density at radius 2 is 1.49 bits per heavy atom. The minimum atomic E-state index is -1.14. The number of alkyl carbamates (subject to hydrolysis) is 1. The maximum absolute atomic E-state index is 14.5. The van der Waals surface area contributed by atoms with Gasteiger partial charge in [-0.2, -0.15) is 0 Å². The van der Waals surface area contributed by atoms with Crippen LogP contribution >= 0.6 is 0 Å². The molecule has 10 nitrogen and oxygen atoms in total. The number of esters is 1. The molecule has 0 saturated carbocycles. The molecule has 2 aromatic carbocycles. The van der Waals surface area contributed by atoms with Crippen molar-refractivity contribution in [2.75, 3.05) is 13.7 Å². The number of nitrogens with zero attached hydrogens (tertiary/aromatic N) is 1. The lowest BCUT2D eigenvalue weighted by Gasteiger charge is -2.43. The number of aromatic hydroxyl groups is 1. The van der Waals surface area contributed by atoms with Crippen molar-refractivity contribution >= 4 is 23.9 Å². The number of carbonyl (C=O) groups excluding carboxylic acids is 4. The smallest absolute Gasteiger partial charge is 0.408 e. The van der Waals surface area contributed by atoms with E-state index in [9.17, 15) is 24.3 Å². The number of amides is 3. The first-order valence-corrected chi connectivity index (χ1v) is 13.5. The van der Waals surface area contributed by atoms with Gasteiger partial charge in [0.15, 0.2) is 0 Å². The van der Waals surface area contributed by atoms with E-state index in [1.54, 1.807) is 53.7 Å². The minimum Gasteiger partial charge on any atom is -0.508 e. The van der Waals surface area contributed by atoms with Gasteiger partial charge in [0.2, 0.25) is 11.8 Å². The Hall–Kier alpha value is -4.08. The average molecular weight is 570 g/mol. The molecule has 0 fully saturated rings. The monoisotopic (exact) mass is 569 g/mol. The number of methoxy groups -OCH3 is 1. The number of aryl methyl sites for hydroxylation is 2. The van der Waals surface area contributed by atoms with Crippen molar-refractivity contribution in [1.29, 1.82) is 0 Å². The van der Waals surface area contributed by atoms with Gasteiger partial charge in [-0.05, 0) is 89.8 Å². The van der Waals surface area contributed by atoms with Crippen LogP contribution in [0.1, 0.15) is 69.8 Å². The first-order valence-electron chi connectivity index (χ1n) is 13.5. The van der Waals surface area contributed by atoms with Gasteiger partial charge in [0.25, 0.3) is 0 Å². The van der Waals surface area contributed by atoms with Gasteiger partial charge in [0.05, 0.1) is 7.11 Å². The highest BCUT2D eigenvalue weighted by Crippen LogP contribution is 2.34. The quantitative estimate of drug-likeness (QED) is 0.387. The summed E-state index contributed by atoms with van der Waals surface area (Å²) in [4.78, 5) is 54.6. The number of rotatable bonds is 9. The van der Waals surface area contributed by atoms with E-state index in [0.29, 0.717) is 11.1 Å². The number of ether oxygens (including phenoxy) is 2. The average Bonchev–Trinajstić information content (AvgIpc) is 2.85. The molecule has 0 aliphatic heterocycles. The van der Waals surface area contributed by atoms with Gasteiger partial charge in [-0.3, -0.25) is 14.4 Å². The summed E-state index contributed by atoms with van der Waals surface area (Å²) in [5.74, 6) is -1.68. The predicted molar refractivity (Wildman–Crippen MR) is 155 cm³/mol. The van der Waals surface area contributed by atoms with E-state index >= 15 is 0 Å². The van der Waals surface area contributed by atoms with Gasteiger partial charge in [-0.25, -0.2) is 4.79 Å². The third kappa shape index (κ3) is 9.51. The molecule has 0 saturated heterocycles. The van der Waals surface area contributed by atoms with Crippen molar-refractivity contribution in [2.45, 2.75) is 85.0 Å². The molecule has 41 heavy (non-hydrogen) atoms. The maximum atomic E-state index is 14.5. The van der Waals surface area contributed by atoms with Crippen molar-refractivity contribution < 1.29 is 33.8 Å². The largest absolute Gasteiger partial charge is 0.508 e. The molecule has 0 aliphatic carbocycles. The Labute approximate surface area is 242 Å². The summed E-state index contributed by atoms with van der Waals surface area (Å²) >= 11 is 0. The summed E-state index contributed by atoms with van der Waals surface area (Å²) < 4.78 is 10.1. The number of phenols is 1. The van der Waals surface area contributed by atoms with E-state index in [0.717, 1.165) is 11.1 Å². The molecule has 3 N–H and O–H groups in total. The van der Waals surface area contributed by atoms with Crippen LogP contribution in [0.15, 0.2) is 42.5 Å². The van der Waals surface area contributed by atoms with E-state index in [4.69, 9.17) is 9.47 Å². The van der Waals surface area contributed by atoms with Crippen molar-refractivity contribution in [3.8, 4) is 5.75 Å². The molecule has 2 aromatic rings. The lowest BCUT2D eigenvalue weighted by Crippen LogP contribution is -2.59. The summed E-state index contributed by atoms with van der Waals surface area (Å²) in [6, 6.07) is 9.57. The van der Waals surface area contributed by atoms with Gasteiger partial charge in [0, 0.05) is 12.0 Å². The molecule has 224 valence electrons. The number of nitrogens with one attached hydrogen (secondary N) is 2. The Kier molecular flexibility index (Phi) is 10.9. The molecule has 0 spiro atoms. The van der Waals surface area contributed by atoms with Gasteiger partial charge in [-0.1, -0.05) is 30.3 Å². The molecule has 0 aromatic heterocycles. The van der Waals surface area contributed by atoms with E-state index in [2.05, 4.69) is 10.6 Å². The van der Waals surface area contributed by atoms with Crippen molar-refractivity contribution in [2.24, 2.45) is 0 Å². The predicted octanol–water partition coefficient (Wildman–Crippen LogP) is 4.10. The summed E-state index contributed by atoms with van der Waals surface area (Å²) in [5, 5.41) is 15.1. The lowest BCUT2D eigenvalue weighted by atomic mass is 9.89. The van der Waals surface area contributed by atoms with Gasteiger partial charge < -0.3 is 30.1 Å². The molecule has 0 bridgehead atoms. The zero-order valence-corrected chi connectivity index (χ0v) is 25.5. The molecule has 2 unspecified atom stereocenters. The molecule has 2 atom stereocenters. The normalized spacial score (nSPS) is 13.0. The highest BCUT2D eigenvalue weighted by molar-refractivity contribution is 5.94. The molecular formula is C31H43N3O7. The molecule has 2 rings (SSSR count). The number of benzene rings is 2. The second-order valence-corrected chi connectivity index (χ2v) is 12.0. The summed E-state index contributed by atoms with van der Waals surface area (Å²) in [6.45, 7) is 13.9. The van der Waals surface area contributed by atoms with Crippen LogP contribution in [0.2, 0.25) is 0 Å². The fourth-order valence-electron chi connectivity index (χ4n) is 4.49. The van der Waals surface area contributed by atoms with Gasteiger partial charge in [0.1, 0.15) is 30.0 Å². The fraction of sp³-hybridized carbons (Fsp3) is 0.484. The van der Waals surface area contributed by atoms with Gasteiger partial charge in [-0.15, -0.1) is 0 Å². The SMILES string of the molecule is COC(=O)CNC(=O)C(c1c(C)cccc1C)N(C(=O)C(Cc1ccc(O)cc1)NC(=O)OC(C)(C)C)C(C)(C)C. The fourth-order valence-corrected chi connectivity index (χ4v) is 4.49. The van der Waals surface area contributed by atoms with Gasteiger partial charge >= 0.3 is 12.1 Å². The summed E-state index contributed by atoms with van der Waals surface area (Å²) in [6.07, 6.45) is -0.726. The molecule has 0 heterocycles. The molecule has 0 radical (unpaired) electrons.